The van der Waals surface area contributed by atoms with Crippen molar-refractivity contribution in [2.45, 2.75) is 71.9 Å². The molecule has 4 nitrogen and oxygen atoms in total. The molecule has 1 aliphatic rings. The molecule has 334 valence electrons. The van der Waals surface area contributed by atoms with Crippen LogP contribution in [0.3, 0.4) is 0 Å². The number of pyridine rings is 1. The third kappa shape index (κ3) is 10.4. The molecule has 0 radical (unpaired) electrons. The van der Waals surface area contributed by atoms with Crippen LogP contribution in [-0.2, 0) is 6.42 Å². The van der Waals surface area contributed by atoms with Crippen molar-refractivity contribution in [3.8, 4) is 44.5 Å². The van der Waals surface area contributed by atoms with E-state index in [-0.39, 0.29) is 11.1 Å². The molecule has 67 heavy (non-hydrogen) atoms. The zero-order chi connectivity index (χ0) is 47.1. The number of likely N-dealkylation sites (N-methyl/N-ethyl adjacent to an activating group) is 1. The predicted octanol–water partition coefficient (Wildman–Crippen LogP) is 16.0. The molecule has 0 saturated carbocycles. The molecule has 0 unspecified atom stereocenters. The Morgan fingerprint density at radius 2 is 1.13 bits per heavy atom. The highest BCUT2D eigenvalue weighted by atomic mass is 15.2. The third-order valence-corrected chi connectivity index (χ3v) is 13.5. The van der Waals surface area contributed by atoms with Crippen LogP contribution >= 0.6 is 0 Å². The molecule has 0 bridgehead atoms. The van der Waals surface area contributed by atoms with E-state index in [9.17, 15) is 0 Å². The monoisotopic (exact) mass is 874 g/mol. The maximum absolute atomic E-state index is 5.37. The Morgan fingerprint density at radius 3 is 1.66 bits per heavy atom. The minimum atomic E-state index is -0.0494. The lowest BCUT2D eigenvalue weighted by atomic mass is 9.92. The van der Waals surface area contributed by atoms with Crippen LogP contribution in [0.15, 0.2) is 217 Å². The largest absolute Gasteiger partial charge is 0.292 e. The fraction of sp³-hybridized carbons (Fsp3) is 0.190. The second-order valence-corrected chi connectivity index (χ2v) is 18.7. The Balaban J connectivity index is 1.19. The molecule has 1 saturated heterocycles. The van der Waals surface area contributed by atoms with Crippen LogP contribution in [0.1, 0.15) is 82.3 Å². The molecule has 1 aromatic heterocycles. The second-order valence-electron chi connectivity index (χ2n) is 18.7. The summed E-state index contributed by atoms with van der Waals surface area (Å²) in [6.07, 6.45) is 10.9. The fourth-order valence-electron chi connectivity index (χ4n) is 9.20. The number of rotatable bonds is 13. The van der Waals surface area contributed by atoms with Crippen LogP contribution < -0.4 is 0 Å². The van der Waals surface area contributed by atoms with Gasteiger partial charge in [0.2, 0.25) is 0 Å². The normalized spacial score (nSPS) is 15.7. The molecule has 6 aromatic carbocycles. The Bertz CT molecular complexity index is 3050. The van der Waals surface area contributed by atoms with E-state index in [1.54, 1.807) is 0 Å². The molecule has 0 N–H and O–H groups in total. The molecule has 0 aliphatic carbocycles. The van der Waals surface area contributed by atoms with Crippen molar-refractivity contribution in [1.82, 2.24) is 9.88 Å². The lowest BCUT2D eigenvalue weighted by Crippen LogP contribution is -2.45. The number of amidine groups is 1. The molecule has 0 spiro atoms. The van der Waals surface area contributed by atoms with Gasteiger partial charge in [-0.1, -0.05) is 165 Å². The number of benzene rings is 6. The van der Waals surface area contributed by atoms with Crippen LogP contribution in [-0.4, -0.2) is 39.6 Å². The number of hydrogen-bond donors (Lipinski definition) is 0. The van der Waals surface area contributed by atoms with Crippen molar-refractivity contribution in [1.29, 1.82) is 0 Å². The number of aromatic nitrogens is 1. The smallest absolute Gasteiger partial charge is 0.161 e. The number of hydrogen-bond acceptors (Lipinski definition) is 3. The predicted molar refractivity (Wildman–Crippen MR) is 287 cm³/mol. The quantitative estimate of drug-likeness (QED) is 0.0658. The van der Waals surface area contributed by atoms with Gasteiger partial charge in [0.15, 0.2) is 5.84 Å². The Morgan fingerprint density at radius 1 is 0.642 bits per heavy atom. The summed E-state index contributed by atoms with van der Waals surface area (Å²) >= 11 is 0. The first-order valence-corrected chi connectivity index (χ1v) is 23.4. The van der Waals surface area contributed by atoms with Gasteiger partial charge in [-0.15, -0.1) is 6.58 Å². The fourth-order valence-corrected chi connectivity index (χ4v) is 9.20. The van der Waals surface area contributed by atoms with Crippen molar-refractivity contribution >= 4 is 22.8 Å². The second kappa shape index (κ2) is 20.1. The third-order valence-electron chi connectivity index (χ3n) is 13.5. The van der Waals surface area contributed by atoms with Crippen LogP contribution in [0.25, 0.3) is 55.8 Å². The zero-order valence-corrected chi connectivity index (χ0v) is 40.2. The molecule has 8 rings (SSSR count). The van der Waals surface area contributed by atoms with Crippen LogP contribution in [0.2, 0.25) is 0 Å². The minimum absolute atomic E-state index is 0.0494. The van der Waals surface area contributed by atoms with E-state index in [4.69, 9.17) is 15.0 Å². The van der Waals surface area contributed by atoms with Gasteiger partial charge < -0.3 is 0 Å². The maximum Gasteiger partial charge on any atom is 0.161 e. The van der Waals surface area contributed by atoms with Gasteiger partial charge in [0, 0.05) is 34.1 Å². The number of allylic oxidation sites excluding steroid dienone is 4. The SMILES string of the molecule is C=CC/C(=C\C=C1/CC(C)(C)N(C)C1(C)C)c1cc(CC)c(C(N=C(C)c2cccc(-c3cccc(-c4ccccc4)c3)c2)=NC(=C)c2cccc(-c3cccc(-c4ccccc4)c3)c2)cn1. The summed E-state index contributed by atoms with van der Waals surface area (Å²) in [6.45, 7) is 22.2. The van der Waals surface area contributed by atoms with Crippen molar-refractivity contribution in [2.75, 3.05) is 7.05 Å². The lowest BCUT2D eigenvalue weighted by Gasteiger charge is -2.36. The van der Waals surface area contributed by atoms with Crippen LogP contribution in [0.5, 0.6) is 0 Å². The zero-order valence-electron chi connectivity index (χ0n) is 40.2. The first-order chi connectivity index (χ1) is 32.3. The van der Waals surface area contributed by atoms with Gasteiger partial charge in [-0.05, 0) is 158 Å². The summed E-state index contributed by atoms with van der Waals surface area (Å²) < 4.78 is 0. The van der Waals surface area contributed by atoms with Crippen molar-refractivity contribution in [3.05, 3.63) is 235 Å². The first kappa shape index (κ1) is 46.3. The van der Waals surface area contributed by atoms with Gasteiger partial charge in [-0.25, -0.2) is 9.98 Å². The van der Waals surface area contributed by atoms with Crippen molar-refractivity contribution < 1.29 is 0 Å². The summed E-state index contributed by atoms with van der Waals surface area (Å²) in [5.74, 6) is 0.570. The Kier molecular flexibility index (Phi) is 13.9. The first-order valence-electron chi connectivity index (χ1n) is 23.4. The van der Waals surface area contributed by atoms with Crippen molar-refractivity contribution in [3.63, 3.8) is 0 Å². The summed E-state index contributed by atoms with van der Waals surface area (Å²) in [4.78, 5) is 18.3. The van der Waals surface area contributed by atoms with E-state index in [0.717, 1.165) is 74.3 Å². The van der Waals surface area contributed by atoms with E-state index < -0.39 is 0 Å². The minimum Gasteiger partial charge on any atom is -0.292 e. The van der Waals surface area contributed by atoms with E-state index in [1.807, 2.05) is 18.3 Å². The highest BCUT2D eigenvalue weighted by Crippen LogP contribution is 2.43. The van der Waals surface area contributed by atoms with Gasteiger partial charge in [0.25, 0.3) is 0 Å². The van der Waals surface area contributed by atoms with E-state index in [1.165, 1.54) is 27.8 Å². The molecular weight excluding hydrogens is 813 g/mol. The van der Waals surface area contributed by atoms with Gasteiger partial charge in [0.1, 0.15) is 0 Å². The molecule has 1 fully saturated rings. The van der Waals surface area contributed by atoms with Crippen LogP contribution in [0, 0.1) is 0 Å². The molecule has 2 heterocycles. The summed E-state index contributed by atoms with van der Waals surface area (Å²) in [6, 6.07) is 57.7. The molecule has 0 atom stereocenters. The topological polar surface area (TPSA) is 40.9 Å². The number of aryl methyl sites for hydroxylation is 1. The molecule has 1 aliphatic heterocycles. The maximum atomic E-state index is 5.37. The molecule has 0 amide bonds. The summed E-state index contributed by atoms with van der Waals surface area (Å²) in [5, 5.41) is 0. The summed E-state index contributed by atoms with van der Waals surface area (Å²) in [7, 11) is 2.23. The average molecular weight is 875 g/mol. The standard InChI is InChI=1S/C63H62N4/c1-10-22-49(35-36-58-42-62(5,6)67(9)63(58,7)8)60-41-46(11-2)59(43-64-60)61(65-44(3)50-27-18-31-54(37-50)56-33-20-29-52(39-56)47-23-14-12-15-24-47)66-45(4)51-28-19-32-55(38-51)57-34-21-30-53(40-57)48-25-16-13-17-26-48/h10,12-21,23-41,43H,1,3,11,22,42H2,2,4-9H3/b49-35+,58-36+,65-61?,66-45?. The Labute approximate surface area is 399 Å². The van der Waals surface area contributed by atoms with Gasteiger partial charge in [-0.3, -0.25) is 9.88 Å². The molecule has 7 aromatic rings. The van der Waals surface area contributed by atoms with Crippen molar-refractivity contribution in [2.24, 2.45) is 9.98 Å². The average Bonchev–Trinajstić information content (AvgIpc) is 3.52. The highest BCUT2D eigenvalue weighted by molar-refractivity contribution is 6.13. The number of likely N-dealkylation sites (tertiary alicyclic amines) is 1. The van der Waals surface area contributed by atoms with Gasteiger partial charge in [0.05, 0.1) is 11.4 Å². The van der Waals surface area contributed by atoms with E-state index >= 15 is 0 Å². The van der Waals surface area contributed by atoms with E-state index in [0.29, 0.717) is 18.0 Å². The number of aliphatic imine (C=N–C) groups is 2. The van der Waals surface area contributed by atoms with Gasteiger partial charge >= 0.3 is 0 Å². The summed E-state index contributed by atoms with van der Waals surface area (Å²) in [5.41, 5.74) is 18.1. The molecule has 4 heteroatoms. The molecular formula is C63H62N4. The lowest BCUT2D eigenvalue weighted by molar-refractivity contribution is 0.123. The number of nitrogens with zero attached hydrogens (tertiary/aromatic N) is 4. The highest BCUT2D eigenvalue weighted by Gasteiger charge is 2.45. The van der Waals surface area contributed by atoms with Gasteiger partial charge in [-0.2, -0.15) is 0 Å². The van der Waals surface area contributed by atoms with E-state index in [2.05, 4.69) is 237 Å². The van der Waals surface area contributed by atoms with Crippen LogP contribution in [0.4, 0.5) is 0 Å². The Hall–Kier alpha value is -7.27.